The van der Waals surface area contributed by atoms with Crippen molar-refractivity contribution in [3.63, 3.8) is 0 Å². The molecule has 1 aliphatic heterocycles. The Morgan fingerprint density at radius 2 is 1.91 bits per heavy atom. The molecule has 0 atom stereocenters. The first-order valence-corrected chi connectivity index (χ1v) is 7.32. The van der Waals surface area contributed by atoms with E-state index in [0.29, 0.717) is 37.9 Å². The van der Waals surface area contributed by atoms with E-state index in [2.05, 4.69) is 10.9 Å². The fourth-order valence-electron chi connectivity index (χ4n) is 2.68. The van der Waals surface area contributed by atoms with Gasteiger partial charge in [-0.05, 0) is 38.3 Å². The van der Waals surface area contributed by atoms with Crippen LogP contribution in [0.25, 0.3) is 5.57 Å². The predicted molar refractivity (Wildman–Crippen MR) is 85.3 cm³/mol. The van der Waals surface area contributed by atoms with Crippen molar-refractivity contribution >= 4 is 24.9 Å². The number of nitrogens with one attached hydrogen (secondary N) is 2. The second-order valence-electron chi connectivity index (χ2n) is 5.23. The minimum absolute atomic E-state index is 0.321. The third-order valence-corrected chi connectivity index (χ3v) is 3.82. The predicted octanol–water partition coefficient (Wildman–Crippen LogP) is 0.423. The maximum absolute atomic E-state index is 12.4. The summed E-state index contributed by atoms with van der Waals surface area (Å²) in [4.78, 5) is 24.7. The summed E-state index contributed by atoms with van der Waals surface area (Å²) in [6.45, 7) is 3.16. The van der Waals surface area contributed by atoms with Gasteiger partial charge in [-0.15, -0.1) is 0 Å². The van der Waals surface area contributed by atoms with E-state index < -0.39 is 7.05 Å². The molecule has 0 aromatic heterocycles. The van der Waals surface area contributed by atoms with Crippen LogP contribution in [0.2, 0.25) is 6.82 Å². The van der Waals surface area contributed by atoms with Crippen molar-refractivity contribution in [1.29, 1.82) is 0 Å². The van der Waals surface area contributed by atoms with Crippen LogP contribution in [0.5, 0.6) is 0 Å². The van der Waals surface area contributed by atoms with Crippen LogP contribution in [-0.4, -0.2) is 42.3 Å². The lowest BCUT2D eigenvalue weighted by Gasteiger charge is -2.30. The highest BCUT2D eigenvalue weighted by Gasteiger charge is 2.25. The van der Waals surface area contributed by atoms with Crippen LogP contribution in [-0.2, 0) is 9.59 Å². The van der Waals surface area contributed by atoms with Crippen LogP contribution in [0.1, 0.15) is 18.4 Å². The minimum Gasteiger partial charge on any atom is -0.437 e. The van der Waals surface area contributed by atoms with E-state index in [4.69, 9.17) is 0 Å². The minimum atomic E-state index is -0.479. The molecular weight excluding hydrogens is 281 g/mol. The summed E-state index contributed by atoms with van der Waals surface area (Å²) < 4.78 is 0. The first kappa shape index (κ1) is 16.3. The van der Waals surface area contributed by atoms with Gasteiger partial charge in [-0.2, -0.15) is 0 Å². The maximum Gasteiger partial charge on any atom is 0.376 e. The number of piperidine rings is 1. The molecule has 1 aromatic carbocycles. The smallest absolute Gasteiger partial charge is 0.376 e. The number of nitrogens with zero attached hydrogens (tertiary/aromatic N) is 1. The molecule has 116 valence electrons. The average molecular weight is 301 g/mol. The number of hydrogen-bond acceptors (Lipinski definition) is 4. The van der Waals surface area contributed by atoms with Crippen molar-refractivity contribution in [3.05, 3.63) is 41.5 Å². The van der Waals surface area contributed by atoms with Gasteiger partial charge < -0.3 is 9.83 Å². The summed E-state index contributed by atoms with van der Waals surface area (Å²) in [6.07, 6.45) is 1.86. The van der Waals surface area contributed by atoms with Crippen molar-refractivity contribution in [2.45, 2.75) is 19.7 Å². The lowest BCUT2D eigenvalue weighted by Crippen LogP contribution is -2.42. The van der Waals surface area contributed by atoms with E-state index >= 15 is 0 Å². The molecular formula is C15H20BN3O3. The van der Waals surface area contributed by atoms with E-state index in [1.165, 1.54) is 0 Å². The van der Waals surface area contributed by atoms with Crippen molar-refractivity contribution < 1.29 is 14.6 Å². The average Bonchev–Trinajstić information content (AvgIpc) is 2.54. The first-order chi connectivity index (χ1) is 10.6. The quantitative estimate of drug-likeness (QED) is 0.319. The summed E-state index contributed by atoms with van der Waals surface area (Å²) in [7, 11) is -0.479. The molecule has 1 heterocycles. The summed E-state index contributed by atoms with van der Waals surface area (Å²) >= 11 is 0. The molecule has 3 N–H and O–H groups in total. The fraction of sp³-hybridized carbons (Fsp3) is 0.333. The maximum atomic E-state index is 12.4. The first-order valence-electron chi connectivity index (χ1n) is 7.32. The van der Waals surface area contributed by atoms with Gasteiger partial charge in [0.05, 0.1) is 0 Å². The van der Waals surface area contributed by atoms with Crippen molar-refractivity contribution in [2.75, 3.05) is 13.1 Å². The van der Waals surface area contributed by atoms with Gasteiger partial charge in [0.15, 0.2) is 0 Å². The van der Waals surface area contributed by atoms with Gasteiger partial charge in [0.25, 0.3) is 5.91 Å². The van der Waals surface area contributed by atoms with Gasteiger partial charge in [-0.1, -0.05) is 35.9 Å². The molecule has 0 bridgehead atoms. The Kier molecular flexibility index (Phi) is 5.74. The highest BCUT2D eigenvalue weighted by Crippen LogP contribution is 2.27. The van der Waals surface area contributed by atoms with Crippen LogP contribution >= 0.6 is 0 Å². The summed E-state index contributed by atoms with van der Waals surface area (Å²) in [5.41, 5.74) is 7.04. The van der Waals surface area contributed by atoms with Crippen molar-refractivity contribution in [2.24, 2.45) is 0 Å². The van der Waals surface area contributed by atoms with Crippen LogP contribution < -0.4 is 10.9 Å². The van der Waals surface area contributed by atoms with E-state index in [1.54, 1.807) is 6.82 Å². The second-order valence-corrected chi connectivity index (χ2v) is 5.23. The third-order valence-electron chi connectivity index (χ3n) is 3.82. The molecule has 0 radical (unpaired) electrons. The fourth-order valence-corrected chi connectivity index (χ4v) is 2.68. The summed E-state index contributed by atoms with van der Waals surface area (Å²) in [5.74, 6) is -0.321. The summed E-state index contributed by atoms with van der Waals surface area (Å²) in [6, 6.07) is 9.40. The number of carbonyl (C=O) groups excluding carboxylic acids is 2. The van der Waals surface area contributed by atoms with Crippen LogP contribution in [0, 0.1) is 0 Å². The molecule has 1 aromatic rings. The van der Waals surface area contributed by atoms with Gasteiger partial charge in [0.1, 0.15) is 0 Å². The van der Waals surface area contributed by atoms with E-state index in [9.17, 15) is 14.6 Å². The zero-order valence-corrected chi connectivity index (χ0v) is 12.6. The monoisotopic (exact) mass is 301 g/mol. The Morgan fingerprint density at radius 1 is 1.27 bits per heavy atom. The Hall–Kier alpha value is -2.12. The SMILES string of the molecule is CB(O)N1CCC(=C(C(=O)NNC=O)c2ccccc2)CC1. The molecule has 1 fully saturated rings. The van der Waals surface area contributed by atoms with E-state index in [-0.39, 0.29) is 5.91 Å². The largest absolute Gasteiger partial charge is 0.437 e. The zero-order chi connectivity index (χ0) is 15.9. The van der Waals surface area contributed by atoms with Gasteiger partial charge in [-0.3, -0.25) is 20.4 Å². The topological polar surface area (TPSA) is 81.7 Å². The van der Waals surface area contributed by atoms with Crippen LogP contribution in [0.15, 0.2) is 35.9 Å². The Morgan fingerprint density at radius 3 is 2.45 bits per heavy atom. The number of hydrogen-bond donors (Lipinski definition) is 3. The molecule has 0 spiro atoms. The Bertz CT molecular complexity index is 550. The van der Waals surface area contributed by atoms with Gasteiger partial charge in [0.2, 0.25) is 6.41 Å². The molecule has 0 aliphatic carbocycles. The van der Waals surface area contributed by atoms with Crippen molar-refractivity contribution in [1.82, 2.24) is 15.7 Å². The zero-order valence-electron chi connectivity index (χ0n) is 12.6. The standard InChI is InChI=1S/C15H20BN3O3/c1-16(22)19-9-7-13(8-10-19)14(15(21)18-17-11-20)12-5-3-2-4-6-12/h2-6,11,22H,7-10H2,1H3,(H,17,20)(H,18,21). The highest BCUT2D eigenvalue weighted by atomic mass is 16.2. The second kappa shape index (κ2) is 7.77. The molecule has 2 amide bonds. The lowest BCUT2D eigenvalue weighted by atomic mass is 9.81. The molecule has 1 aliphatic rings. The molecule has 7 heteroatoms. The van der Waals surface area contributed by atoms with Crippen LogP contribution in [0.3, 0.4) is 0 Å². The number of hydrazine groups is 1. The number of amides is 2. The van der Waals surface area contributed by atoms with Crippen molar-refractivity contribution in [3.8, 4) is 0 Å². The van der Waals surface area contributed by atoms with Crippen LogP contribution in [0.4, 0.5) is 0 Å². The third kappa shape index (κ3) is 3.96. The normalized spacial score (nSPS) is 15.1. The van der Waals surface area contributed by atoms with Gasteiger partial charge >= 0.3 is 7.05 Å². The molecule has 22 heavy (non-hydrogen) atoms. The molecule has 0 saturated carbocycles. The van der Waals surface area contributed by atoms with Gasteiger partial charge in [0, 0.05) is 5.57 Å². The summed E-state index contributed by atoms with van der Waals surface area (Å²) in [5, 5.41) is 9.63. The Labute approximate surface area is 130 Å². The lowest BCUT2D eigenvalue weighted by molar-refractivity contribution is -0.120. The molecule has 0 unspecified atom stereocenters. The highest BCUT2D eigenvalue weighted by molar-refractivity contribution is 6.45. The molecule has 1 saturated heterocycles. The number of rotatable bonds is 5. The Balaban J connectivity index is 2.26. The molecule has 6 nitrogen and oxygen atoms in total. The van der Waals surface area contributed by atoms with Gasteiger partial charge in [-0.25, -0.2) is 0 Å². The van der Waals surface area contributed by atoms with E-state index in [0.717, 1.165) is 11.1 Å². The number of benzene rings is 1. The molecule has 2 rings (SSSR count). The number of carbonyl (C=O) groups is 2. The van der Waals surface area contributed by atoms with E-state index in [1.807, 2.05) is 35.1 Å².